The van der Waals surface area contributed by atoms with Crippen LogP contribution in [0.25, 0.3) is 0 Å². The highest BCUT2D eigenvalue weighted by atomic mass is 32.2. The van der Waals surface area contributed by atoms with Gasteiger partial charge in [0.05, 0.1) is 16.4 Å². The van der Waals surface area contributed by atoms with Crippen LogP contribution < -0.4 is 0 Å². The van der Waals surface area contributed by atoms with E-state index in [9.17, 15) is 8.42 Å². The van der Waals surface area contributed by atoms with E-state index in [1.165, 1.54) is 12.1 Å². The van der Waals surface area contributed by atoms with Crippen molar-refractivity contribution in [1.82, 2.24) is 0 Å². The van der Waals surface area contributed by atoms with E-state index in [4.69, 9.17) is 5.21 Å². The first-order valence-corrected chi connectivity index (χ1v) is 6.92. The van der Waals surface area contributed by atoms with Crippen LogP contribution in [0.2, 0.25) is 0 Å². The summed E-state index contributed by atoms with van der Waals surface area (Å²) < 4.78 is 24.1. The third kappa shape index (κ3) is 3.56. The molecule has 0 amide bonds. The molecule has 1 aromatic rings. The first-order valence-electron chi connectivity index (χ1n) is 5.26. The van der Waals surface area contributed by atoms with Gasteiger partial charge < -0.3 is 5.21 Å². The zero-order valence-electron chi connectivity index (χ0n) is 10.2. The SMILES string of the molecule is CC(C)(C)C(CS(=O)(=O)c1ccccc1)=NO. The van der Waals surface area contributed by atoms with Crippen molar-refractivity contribution in [2.75, 3.05) is 5.75 Å². The third-order valence-electron chi connectivity index (χ3n) is 2.42. The van der Waals surface area contributed by atoms with E-state index in [2.05, 4.69) is 5.16 Å². The Labute approximate surface area is 102 Å². The summed E-state index contributed by atoms with van der Waals surface area (Å²) in [4.78, 5) is 0.241. The average molecular weight is 255 g/mol. The molecular formula is C12H17NO3S. The van der Waals surface area contributed by atoms with Crippen LogP contribution in [-0.4, -0.2) is 25.1 Å². The number of benzene rings is 1. The van der Waals surface area contributed by atoms with Gasteiger partial charge in [0.25, 0.3) is 0 Å². The number of hydrogen-bond acceptors (Lipinski definition) is 4. The van der Waals surface area contributed by atoms with Gasteiger partial charge in [-0.25, -0.2) is 8.42 Å². The molecule has 0 saturated carbocycles. The lowest BCUT2D eigenvalue weighted by Gasteiger charge is -2.19. The molecular weight excluding hydrogens is 238 g/mol. The van der Waals surface area contributed by atoms with E-state index < -0.39 is 15.3 Å². The Hall–Kier alpha value is -1.36. The van der Waals surface area contributed by atoms with E-state index in [0.717, 1.165) is 0 Å². The van der Waals surface area contributed by atoms with Gasteiger partial charge in [-0.2, -0.15) is 0 Å². The molecule has 0 aliphatic rings. The molecule has 1 aromatic carbocycles. The summed E-state index contributed by atoms with van der Waals surface area (Å²) in [5.41, 5.74) is -0.224. The van der Waals surface area contributed by atoms with Crippen molar-refractivity contribution in [1.29, 1.82) is 0 Å². The summed E-state index contributed by atoms with van der Waals surface area (Å²) in [5, 5.41) is 12.0. The maximum absolute atomic E-state index is 12.1. The Kier molecular flexibility index (Phi) is 3.93. The first kappa shape index (κ1) is 13.7. The summed E-state index contributed by atoms with van der Waals surface area (Å²) in [6, 6.07) is 8.16. The second kappa shape index (κ2) is 4.87. The number of oxime groups is 1. The van der Waals surface area contributed by atoms with E-state index in [-0.39, 0.29) is 16.4 Å². The van der Waals surface area contributed by atoms with Crippen LogP contribution in [0.1, 0.15) is 20.8 Å². The summed E-state index contributed by atoms with van der Waals surface area (Å²) in [6.07, 6.45) is 0. The molecule has 4 nitrogen and oxygen atoms in total. The lowest BCUT2D eigenvalue weighted by molar-refractivity contribution is 0.310. The Balaban J connectivity index is 3.04. The molecule has 5 heteroatoms. The van der Waals surface area contributed by atoms with Crippen molar-refractivity contribution in [3.63, 3.8) is 0 Å². The van der Waals surface area contributed by atoms with Gasteiger partial charge >= 0.3 is 0 Å². The van der Waals surface area contributed by atoms with Crippen molar-refractivity contribution in [3.8, 4) is 0 Å². The maximum atomic E-state index is 12.1. The zero-order chi connectivity index (χ0) is 13.1. The highest BCUT2D eigenvalue weighted by Crippen LogP contribution is 2.20. The van der Waals surface area contributed by atoms with Gasteiger partial charge in [-0.15, -0.1) is 0 Å². The van der Waals surface area contributed by atoms with Crippen LogP contribution in [0, 0.1) is 5.41 Å². The van der Waals surface area contributed by atoms with Gasteiger partial charge in [-0.05, 0) is 12.1 Å². The number of hydrogen-bond donors (Lipinski definition) is 1. The van der Waals surface area contributed by atoms with Crippen molar-refractivity contribution in [2.24, 2.45) is 10.6 Å². The van der Waals surface area contributed by atoms with Gasteiger partial charge in [0.1, 0.15) is 0 Å². The Morgan fingerprint density at radius 2 is 1.76 bits per heavy atom. The molecule has 0 aromatic heterocycles. The van der Waals surface area contributed by atoms with Crippen LogP contribution in [0.5, 0.6) is 0 Å². The fraction of sp³-hybridized carbons (Fsp3) is 0.417. The van der Waals surface area contributed by atoms with Crippen molar-refractivity contribution >= 4 is 15.5 Å². The summed E-state index contributed by atoms with van der Waals surface area (Å²) in [6.45, 7) is 5.42. The van der Waals surface area contributed by atoms with Crippen LogP contribution in [0.4, 0.5) is 0 Å². The van der Waals surface area contributed by atoms with Crippen LogP contribution in [-0.2, 0) is 9.84 Å². The molecule has 0 fully saturated rings. The van der Waals surface area contributed by atoms with E-state index in [1.807, 2.05) is 20.8 Å². The van der Waals surface area contributed by atoms with Crippen LogP contribution >= 0.6 is 0 Å². The second-order valence-electron chi connectivity index (χ2n) is 4.87. The fourth-order valence-electron chi connectivity index (χ4n) is 1.29. The zero-order valence-corrected chi connectivity index (χ0v) is 11.0. The van der Waals surface area contributed by atoms with E-state index in [1.54, 1.807) is 18.2 Å². The highest BCUT2D eigenvalue weighted by molar-refractivity contribution is 7.92. The van der Waals surface area contributed by atoms with Gasteiger partial charge in [0.2, 0.25) is 0 Å². The first-order chi connectivity index (χ1) is 7.77. The third-order valence-corrected chi connectivity index (χ3v) is 4.06. The van der Waals surface area contributed by atoms with Crippen molar-refractivity contribution < 1.29 is 13.6 Å². The smallest absolute Gasteiger partial charge is 0.183 e. The maximum Gasteiger partial charge on any atom is 0.183 e. The largest absolute Gasteiger partial charge is 0.411 e. The van der Waals surface area contributed by atoms with Crippen LogP contribution in [0.3, 0.4) is 0 Å². The fourth-order valence-corrected chi connectivity index (χ4v) is 2.88. The highest BCUT2D eigenvalue weighted by Gasteiger charge is 2.26. The normalized spacial score (nSPS) is 13.7. The van der Waals surface area contributed by atoms with Crippen molar-refractivity contribution in [2.45, 2.75) is 25.7 Å². The Morgan fingerprint density at radius 3 is 2.18 bits per heavy atom. The molecule has 0 unspecified atom stereocenters. The molecule has 0 spiro atoms. The molecule has 94 valence electrons. The molecule has 0 saturated heterocycles. The molecule has 0 atom stereocenters. The molecule has 0 aliphatic carbocycles. The monoisotopic (exact) mass is 255 g/mol. The molecule has 17 heavy (non-hydrogen) atoms. The molecule has 0 aliphatic heterocycles. The predicted octanol–water partition coefficient (Wildman–Crippen LogP) is 2.34. The van der Waals surface area contributed by atoms with Gasteiger partial charge in [0.15, 0.2) is 9.84 Å². The predicted molar refractivity (Wildman–Crippen MR) is 67.2 cm³/mol. The van der Waals surface area contributed by atoms with Gasteiger partial charge in [-0.1, -0.05) is 44.1 Å². The van der Waals surface area contributed by atoms with Crippen LogP contribution in [0.15, 0.2) is 40.4 Å². The molecule has 1 N–H and O–H groups in total. The topological polar surface area (TPSA) is 66.7 Å². The molecule has 0 bridgehead atoms. The lowest BCUT2D eigenvalue weighted by Crippen LogP contribution is -2.28. The minimum Gasteiger partial charge on any atom is -0.411 e. The Bertz CT molecular complexity index is 498. The lowest BCUT2D eigenvalue weighted by atomic mass is 9.91. The van der Waals surface area contributed by atoms with Gasteiger partial charge in [0, 0.05) is 5.41 Å². The number of rotatable bonds is 3. The summed E-state index contributed by atoms with van der Waals surface area (Å²) >= 11 is 0. The minimum atomic E-state index is -3.45. The van der Waals surface area contributed by atoms with E-state index >= 15 is 0 Å². The molecule has 1 rings (SSSR count). The Morgan fingerprint density at radius 1 is 1.24 bits per heavy atom. The number of sulfone groups is 1. The standard InChI is InChI=1S/C12H17NO3S/c1-12(2,3)11(13-14)9-17(15,16)10-7-5-4-6-8-10/h4-8,14H,9H2,1-3H3. The van der Waals surface area contributed by atoms with Gasteiger partial charge in [-0.3, -0.25) is 0 Å². The average Bonchev–Trinajstić information content (AvgIpc) is 2.25. The molecule has 0 radical (unpaired) electrons. The van der Waals surface area contributed by atoms with Crippen molar-refractivity contribution in [3.05, 3.63) is 30.3 Å². The second-order valence-corrected chi connectivity index (χ2v) is 6.86. The quantitative estimate of drug-likeness (QED) is 0.512. The summed E-state index contributed by atoms with van der Waals surface area (Å²) in [7, 11) is -3.45. The number of nitrogens with zero attached hydrogens (tertiary/aromatic N) is 1. The minimum absolute atomic E-state index is 0.241. The van der Waals surface area contributed by atoms with E-state index in [0.29, 0.717) is 0 Å². The molecule has 0 heterocycles. The summed E-state index contributed by atoms with van der Waals surface area (Å²) in [5.74, 6) is -0.267.